The van der Waals surface area contributed by atoms with Crippen molar-refractivity contribution >= 4 is 5.97 Å². The van der Waals surface area contributed by atoms with E-state index in [1.807, 2.05) is 13.8 Å². The molecule has 0 amide bonds. The molecule has 1 rings (SSSR count). The lowest BCUT2D eigenvalue weighted by Crippen LogP contribution is -2.41. The van der Waals surface area contributed by atoms with E-state index in [4.69, 9.17) is 10.5 Å². The third kappa shape index (κ3) is 3.44. The normalized spacial score (nSPS) is 25.6. The van der Waals surface area contributed by atoms with Gasteiger partial charge in [0.05, 0.1) is 5.41 Å². The van der Waals surface area contributed by atoms with E-state index < -0.39 is 5.41 Å². The van der Waals surface area contributed by atoms with Gasteiger partial charge in [0.15, 0.2) is 0 Å². The second-order valence-corrected chi connectivity index (χ2v) is 5.49. The predicted molar refractivity (Wildman–Crippen MR) is 69.6 cm³/mol. The first-order valence-corrected chi connectivity index (χ1v) is 6.99. The third-order valence-electron chi connectivity index (χ3n) is 4.34. The standard InChI is InChI=1S/C14H27NO2/c1-4-14(5-2,10-15)13(16)17-12-8-6-7-11(3)9-12/h11-12H,4-10,15H2,1-3H3. The Morgan fingerprint density at radius 2 is 2.00 bits per heavy atom. The van der Waals surface area contributed by atoms with Gasteiger partial charge >= 0.3 is 5.97 Å². The zero-order valence-electron chi connectivity index (χ0n) is 11.5. The molecule has 1 aliphatic rings. The number of rotatable bonds is 5. The van der Waals surface area contributed by atoms with E-state index in [1.54, 1.807) is 0 Å². The third-order valence-corrected chi connectivity index (χ3v) is 4.34. The molecule has 3 heteroatoms. The Morgan fingerprint density at radius 3 is 2.47 bits per heavy atom. The van der Waals surface area contributed by atoms with Crippen molar-refractivity contribution in [2.45, 2.75) is 65.4 Å². The molecule has 17 heavy (non-hydrogen) atoms. The lowest BCUT2D eigenvalue weighted by Gasteiger charge is -2.32. The van der Waals surface area contributed by atoms with Crippen molar-refractivity contribution in [3.05, 3.63) is 0 Å². The van der Waals surface area contributed by atoms with E-state index in [2.05, 4.69) is 6.92 Å². The Balaban J connectivity index is 2.57. The fraction of sp³-hybridized carbons (Fsp3) is 0.929. The van der Waals surface area contributed by atoms with Gasteiger partial charge < -0.3 is 10.5 Å². The molecule has 0 radical (unpaired) electrons. The van der Waals surface area contributed by atoms with Crippen molar-refractivity contribution in [2.24, 2.45) is 17.1 Å². The average molecular weight is 241 g/mol. The Morgan fingerprint density at radius 1 is 1.35 bits per heavy atom. The summed E-state index contributed by atoms with van der Waals surface area (Å²) in [4.78, 5) is 12.2. The van der Waals surface area contributed by atoms with Crippen molar-refractivity contribution in [1.82, 2.24) is 0 Å². The number of hydrogen-bond acceptors (Lipinski definition) is 3. The molecule has 100 valence electrons. The molecule has 1 aliphatic carbocycles. The van der Waals surface area contributed by atoms with Crippen LogP contribution in [0.2, 0.25) is 0 Å². The van der Waals surface area contributed by atoms with Crippen molar-refractivity contribution in [3.63, 3.8) is 0 Å². The first kappa shape index (κ1) is 14.5. The summed E-state index contributed by atoms with van der Waals surface area (Å²) in [5.74, 6) is 0.598. The van der Waals surface area contributed by atoms with Gasteiger partial charge in [-0.25, -0.2) is 0 Å². The van der Waals surface area contributed by atoms with Crippen LogP contribution in [0.25, 0.3) is 0 Å². The second kappa shape index (κ2) is 6.39. The van der Waals surface area contributed by atoms with Gasteiger partial charge in [0.2, 0.25) is 0 Å². The van der Waals surface area contributed by atoms with E-state index in [9.17, 15) is 4.79 Å². The Bertz CT molecular complexity index is 240. The molecule has 0 spiro atoms. The van der Waals surface area contributed by atoms with Gasteiger partial charge in [-0.3, -0.25) is 4.79 Å². The highest BCUT2D eigenvalue weighted by atomic mass is 16.5. The van der Waals surface area contributed by atoms with Crippen LogP contribution in [0.5, 0.6) is 0 Å². The SMILES string of the molecule is CCC(CC)(CN)C(=O)OC1CCCC(C)C1. The molecule has 3 nitrogen and oxygen atoms in total. The van der Waals surface area contributed by atoms with Gasteiger partial charge in [-0.05, 0) is 38.0 Å². The lowest BCUT2D eigenvalue weighted by atomic mass is 9.82. The number of nitrogens with two attached hydrogens (primary N) is 1. The molecule has 0 aromatic carbocycles. The average Bonchev–Trinajstić information content (AvgIpc) is 2.32. The van der Waals surface area contributed by atoms with Crippen LogP contribution in [0.1, 0.15) is 59.3 Å². The van der Waals surface area contributed by atoms with Gasteiger partial charge in [0.25, 0.3) is 0 Å². The van der Waals surface area contributed by atoms with Gasteiger partial charge in [-0.15, -0.1) is 0 Å². The van der Waals surface area contributed by atoms with Gasteiger partial charge in [0.1, 0.15) is 6.10 Å². The zero-order chi connectivity index (χ0) is 12.9. The van der Waals surface area contributed by atoms with Crippen LogP contribution in [-0.4, -0.2) is 18.6 Å². The number of hydrogen-bond donors (Lipinski definition) is 1. The van der Waals surface area contributed by atoms with E-state index in [1.165, 1.54) is 12.8 Å². The van der Waals surface area contributed by atoms with Crippen LogP contribution in [0.3, 0.4) is 0 Å². The summed E-state index contributed by atoms with van der Waals surface area (Å²) in [6.07, 6.45) is 6.12. The number of esters is 1. The molecule has 1 fully saturated rings. The molecular formula is C14H27NO2. The summed E-state index contributed by atoms with van der Waals surface area (Å²) in [5, 5.41) is 0. The summed E-state index contributed by atoms with van der Waals surface area (Å²) in [6, 6.07) is 0. The van der Waals surface area contributed by atoms with Gasteiger partial charge in [-0.1, -0.05) is 27.2 Å². The quantitative estimate of drug-likeness (QED) is 0.753. The fourth-order valence-electron chi connectivity index (χ4n) is 2.67. The Hall–Kier alpha value is -0.570. The molecule has 2 unspecified atom stereocenters. The highest BCUT2D eigenvalue weighted by Gasteiger charge is 2.37. The van der Waals surface area contributed by atoms with Crippen molar-refractivity contribution < 1.29 is 9.53 Å². The number of carbonyl (C=O) groups is 1. The molecule has 2 N–H and O–H groups in total. The molecule has 0 aromatic heterocycles. The van der Waals surface area contributed by atoms with E-state index in [-0.39, 0.29) is 12.1 Å². The minimum absolute atomic E-state index is 0.0795. The van der Waals surface area contributed by atoms with Crippen LogP contribution in [0.4, 0.5) is 0 Å². The molecule has 0 aromatic rings. The summed E-state index contributed by atoms with van der Waals surface area (Å²) in [7, 11) is 0. The molecule has 0 bridgehead atoms. The smallest absolute Gasteiger partial charge is 0.313 e. The minimum atomic E-state index is -0.458. The van der Waals surface area contributed by atoms with Crippen molar-refractivity contribution in [2.75, 3.05) is 6.54 Å². The van der Waals surface area contributed by atoms with Gasteiger partial charge in [-0.2, -0.15) is 0 Å². The maximum Gasteiger partial charge on any atom is 0.313 e. The topological polar surface area (TPSA) is 52.3 Å². The number of carbonyl (C=O) groups excluding carboxylic acids is 1. The Kier molecular flexibility index (Phi) is 5.44. The van der Waals surface area contributed by atoms with Crippen molar-refractivity contribution in [1.29, 1.82) is 0 Å². The van der Waals surface area contributed by atoms with Gasteiger partial charge in [0, 0.05) is 6.54 Å². The highest BCUT2D eigenvalue weighted by Crippen LogP contribution is 2.31. The maximum absolute atomic E-state index is 12.2. The molecule has 2 atom stereocenters. The minimum Gasteiger partial charge on any atom is -0.462 e. The zero-order valence-corrected chi connectivity index (χ0v) is 11.5. The number of ether oxygens (including phenoxy) is 1. The molecule has 0 saturated heterocycles. The Labute approximate surface area is 105 Å². The molecule has 1 saturated carbocycles. The summed E-state index contributed by atoms with van der Waals surface area (Å²) in [6.45, 7) is 6.65. The molecular weight excluding hydrogens is 214 g/mol. The second-order valence-electron chi connectivity index (χ2n) is 5.49. The monoisotopic (exact) mass is 241 g/mol. The maximum atomic E-state index is 12.2. The molecule has 0 aliphatic heterocycles. The van der Waals surface area contributed by atoms with Crippen LogP contribution in [-0.2, 0) is 9.53 Å². The largest absolute Gasteiger partial charge is 0.462 e. The van der Waals surface area contributed by atoms with E-state index in [0.29, 0.717) is 12.5 Å². The lowest BCUT2D eigenvalue weighted by molar-refractivity contribution is -0.163. The van der Waals surface area contributed by atoms with Crippen molar-refractivity contribution in [3.8, 4) is 0 Å². The van der Waals surface area contributed by atoms with E-state index in [0.717, 1.165) is 25.7 Å². The predicted octanol–water partition coefficient (Wildman–Crippen LogP) is 2.87. The van der Waals surface area contributed by atoms with Crippen LogP contribution >= 0.6 is 0 Å². The van der Waals surface area contributed by atoms with E-state index >= 15 is 0 Å². The van der Waals surface area contributed by atoms with Crippen LogP contribution in [0.15, 0.2) is 0 Å². The first-order chi connectivity index (χ1) is 8.07. The van der Waals surface area contributed by atoms with Crippen LogP contribution < -0.4 is 5.73 Å². The first-order valence-electron chi connectivity index (χ1n) is 6.99. The molecule has 0 heterocycles. The highest BCUT2D eigenvalue weighted by molar-refractivity contribution is 5.77. The fourth-order valence-corrected chi connectivity index (χ4v) is 2.67. The van der Waals surface area contributed by atoms with Crippen LogP contribution in [0, 0.1) is 11.3 Å². The summed E-state index contributed by atoms with van der Waals surface area (Å²) >= 11 is 0. The summed E-state index contributed by atoms with van der Waals surface area (Å²) < 4.78 is 5.68. The summed E-state index contributed by atoms with van der Waals surface area (Å²) in [5.41, 5.74) is 5.30.